The average Bonchev–Trinajstić information content (AvgIpc) is 3.29. The molecule has 1 aromatic carbocycles. The first-order valence-corrected chi connectivity index (χ1v) is 8.27. The SMILES string of the molecule is CC(C)(NCc1c[nH]c2cnccc12)c1cn(-c2ccccc2)nn1. The molecule has 0 radical (unpaired) electrons. The number of nitrogens with one attached hydrogen (secondary N) is 2. The van der Waals surface area contributed by atoms with Gasteiger partial charge in [0.2, 0.25) is 0 Å². The van der Waals surface area contributed by atoms with E-state index in [0.717, 1.165) is 23.4 Å². The first-order valence-electron chi connectivity index (χ1n) is 8.27. The highest BCUT2D eigenvalue weighted by atomic mass is 15.4. The Balaban J connectivity index is 1.53. The third-order valence-electron chi connectivity index (χ3n) is 4.44. The summed E-state index contributed by atoms with van der Waals surface area (Å²) in [4.78, 5) is 7.40. The van der Waals surface area contributed by atoms with Crippen LogP contribution in [0.1, 0.15) is 25.1 Å². The zero-order valence-corrected chi connectivity index (χ0v) is 14.3. The summed E-state index contributed by atoms with van der Waals surface area (Å²) in [5, 5.41) is 13.4. The molecule has 0 aliphatic carbocycles. The Morgan fingerprint density at radius 3 is 2.84 bits per heavy atom. The van der Waals surface area contributed by atoms with Crippen LogP contribution in [0.3, 0.4) is 0 Å². The van der Waals surface area contributed by atoms with Crippen LogP contribution < -0.4 is 5.32 Å². The van der Waals surface area contributed by atoms with Crippen LogP contribution in [0.15, 0.2) is 61.2 Å². The molecule has 126 valence electrons. The van der Waals surface area contributed by atoms with Crippen LogP contribution in [-0.4, -0.2) is 25.0 Å². The van der Waals surface area contributed by atoms with Gasteiger partial charge in [-0.15, -0.1) is 5.10 Å². The van der Waals surface area contributed by atoms with E-state index < -0.39 is 0 Å². The van der Waals surface area contributed by atoms with Crippen molar-refractivity contribution in [3.05, 3.63) is 72.4 Å². The molecule has 4 rings (SSSR count). The standard InChI is InChI=1S/C19H20N6/c1-19(2,18-13-25(24-23-18)15-6-4-3-5-7-15)22-11-14-10-21-17-12-20-9-8-16(14)17/h3-10,12-13,21-22H,11H2,1-2H3. The second-order valence-electron chi connectivity index (χ2n) is 6.60. The fourth-order valence-electron chi connectivity index (χ4n) is 2.84. The number of para-hydroxylation sites is 1. The largest absolute Gasteiger partial charge is 0.360 e. The third kappa shape index (κ3) is 3.04. The van der Waals surface area contributed by atoms with Gasteiger partial charge in [-0.1, -0.05) is 23.4 Å². The Hall–Kier alpha value is -2.99. The van der Waals surface area contributed by atoms with Gasteiger partial charge < -0.3 is 10.3 Å². The summed E-state index contributed by atoms with van der Waals surface area (Å²) in [6.45, 7) is 4.96. The molecule has 3 aromatic heterocycles. The molecule has 0 bridgehead atoms. The van der Waals surface area contributed by atoms with E-state index in [1.165, 1.54) is 10.9 Å². The normalized spacial score (nSPS) is 11.9. The summed E-state index contributed by atoms with van der Waals surface area (Å²) in [6, 6.07) is 12.0. The van der Waals surface area contributed by atoms with Gasteiger partial charge in [0.1, 0.15) is 5.69 Å². The predicted molar refractivity (Wildman–Crippen MR) is 97.3 cm³/mol. The van der Waals surface area contributed by atoms with Crippen LogP contribution in [0, 0.1) is 0 Å². The van der Waals surface area contributed by atoms with Crippen molar-refractivity contribution in [3.8, 4) is 5.69 Å². The van der Waals surface area contributed by atoms with E-state index in [-0.39, 0.29) is 5.54 Å². The van der Waals surface area contributed by atoms with Gasteiger partial charge in [0.25, 0.3) is 0 Å². The number of hydrogen-bond acceptors (Lipinski definition) is 4. The molecule has 4 aromatic rings. The molecular formula is C19H20N6. The topological polar surface area (TPSA) is 71.4 Å². The molecule has 25 heavy (non-hydrogen) atoms. The van der Waals surface area contributed by atoms with Crippen molar-refractivity contribution in [1.82, 2.24) is 30.3 Å². The molecular weight excluding hydrogens is 312 g/mol. The molecule has 0 atom stereocenters. The Bertz CT molecular complexity index is 983. The number of rotatable bonds is 5. The maximum atomic E-state index is 4.36. The van der Waals surface area contributed by atoms with Crippen LogP contribution >= 0.6 is 0 Å². The lowest BCUT2D eigenvalue weighted by molar-refractivity contribution is 0.390. The number of aromatic nitrogens is 5. The number of benzene rings is 1. The lowest BCUT2D eigenvalue weighted by Gasteiger charge is -2.23. The molecule has 0 aliphatic rings. The number of fused-ring (bicyclic) bond motifs is 1. The Labute approximate surface area is 145 Å². The van der Waals surface area contributed by atoms with Crippen LogP contribution in [0.5, 0.6) is 0 Å². The van der Waals surface area contributed by atoms with Gasteiger partial charge in [-0.05, 0) is 37.6 Å². The van der Waals surface area contributed by atoms with E-state index in [0.29, 0.717) is 0 Å². The summed E-state index contributed by atoms with van der Waals surface area (Å²) >= 11 is 0. The van der Waals surface area contributed by atoms with E-state index in [1.54, 1.807) is 4.68 Å². The highest BCUT2D eigenvalue weighted by Gasteiger charge is 2.24. The maximum Gasteiger partial charge on any atom is 0.103 e. The van der Waals surface area contributed by atoms with E-state index >= 15 is 0 Å². The second kappa shape index (κ2) is 6.14. The summed E-state index contributed by atoms with van der Waals surface area (Å²) < 4.78 is 1.80. The lowest BCUT2D eigenvalue weighted by atomic mass is 10.0. The van der Waals surface area contributed by atoms with Gasteiger partial charge in [-0.3, -0.25) is 4.98 Å². The Morgan fingerprint density at radius 2 is 2.00 bits per heavy atom. The Kier molecular flexibility index (Phi) is 3.82. The van der Waals surface area contributed by atoms with Crippen molar-refractivity contribution in [2.75, 3.05) is 0 Å². The van der Waals surface area contributed by atoms with Gasteiger partial charge in [0, 0.05) is 24.3 Å². The van der Waals surface area contributed by atoms with E-state index in [1.807, 2.05) is 61.2 Å². The van der Waals surface area contributed by atoms with Gasteiger partial charge in [0.15, 0.2) is 0 Å². The van der Waals surface area contributed by atoms with Crippen molar-refractivity contribution >= 4 is 10.9 Å². The molecule has 0 saturated carbocycles. The van der Waals surface area contributed by atoms with Crippen LogP contribution in [0.4, 0.5) is 0 Å². The smallest absolute Gasteiger partial charge is 0.103 e. The van der Waals surface area contributed by atoms with Gasteiger partial charge >= 0.3 is 0 Å². The molecule has 3 heterocycles. The van der Waals surface area contributed by atoms with E-state index in [2.05, 4.69) is 39.4 Å². The zero-order chi connectivity index (χ0) is 17.3. The predicted octanol–water partition coefficient (Wildman–Crippen LogP) is 3.17. The third-order valence-corrected chi connectivity index (χ3v) is 4.44. The minimum absolute atomic E-state index is 0.302. The number of aromatic amines is 1. The molecule has 0 fully saturated rings. The second-order valence-corrected chi connectivity index (χ2v) is 6.60. The van der Waals surface area contributed by atoms with Gasteiger partial charge in [-0.2, -0.15) is 0 Å². The van der Waals surface area contributed by atoms with Crippen molar-refractivity contribution in [1.29, 1.82) is 0 Å². The number of hydrogen-bond donors (Lipinski definition) is 2. The first-order chi connectivity index (χ1) is 12.1. The molecule has 0 saturated heterocycles. The highest BCUT2D eigenvalue weighted by Crippen LogP contribution is 2.21. The van der Waals surface area contributed by atoms with Crippen molar-refractivity contribution in [2.24, 2.45) is 0 Å². The molecule has 0 spiro atoms. The maximum absolute atomic E-state index is 4.36. The number of nitrogens with zero attached hydrogens (tertiary/aromatic N) is 4. The molecule has 6 heteroatoms. The van der Waals surface area contributed by atoms with Crippen molar-refractivity contribution < 1.29 is 0 Å². The van der Waals surface area contributed by atoms with E-state index in [9.17, 15) is 0 Å². The van der Waals surface area contributed by atoms with Crippen molar-refractivity contribution in [3.63, 3.8) is 0 Å². The molecule has 2 N–H and O–H groups in total. The van der Waals surface area contributed by atoms with E-state index in [4.69, 9.17) is 0 Å². The first kappa shape index (κ1) is 15.5. The summed E-state index contributed by atoms with van der Waals surface area (Å²) in [5.41, 5.74) is 3.86. The fourth-order valence-corrected chi connectivity index (χ4v) is 2.84. The minimum atomic E-state index is -0.302. The highest BCUT2D eigenvalue weighted by molar-refractivity contribution is 5.82. The van der Waals surface area contributed by atoms with Crippen LogP contribution in [-0.2, 0) is 12.1 Å². The summed E-state index contributed by atoms with van der Waals surface area (Å²) in [6.07, 6.45) is 7.66. The van der Waals surface area contributed by atoms with Crippen LogP contribution in [0.2, 0.25) is 0 Å². The minimum Gasteiger partial charge on any atom is -0.360 e. The van der Waals surface area contributed by atoms with Crippen LogP contribution in [0.25, 0.3) is 16.6 Å². The van der Waals surface area contributed by atoms with Crippen molar-refractivity contribution in [2.45, 2.75) is 25.9 Å². The fraction of sp³-hybridized carbons (Fsp3) is 0.211. The monoisotopic (exact) mass is 332 g/mol. The molecule has 6 nitrogen and oxygen atoms in total. The quantitative estimate of drug-likeness (QED) is 0.589. The lowest BCUT2D eigenvalue weighted by Crippen LogP contribution is -2.36. The summed E-state index contributed by atoms with van der Waals surface area (Å²) in [5.74, 6) is 0. The Morgan fingerprint density at radius 1 is 1.16 bits per heavy atom. The number of pyridine rings is 1. The van der Waals surface area contributed by atoms with Gasteiger partial charge in [-0.25, -0.2) is 4.68 Å². The van der Waals surface area contributed by atoms with Gasteiger partial charge in [0.05, 0.1) is 29.1 Å². The average molecular weight is 332 g/mol. The summed E-state index contributed by atoms with van der Waals surface area (Å²) in [7, 11) is 0. The molecule has 0 unspecified atom stereocenters. The molecule has 0 aliphatic heterocycles. The number of H-pyrrole nitrogens is 1. The molecule has 0 amide bonds. The zero-order valence-electron chi connectivity index (χ0n) is 14.3.